The maximum absolute atomic E-state index is 5.89. The van der Waals surface area contributed by atoms with Crippen LogP contribution in [0, 0.1) is 0 Å². The van der Waals surface area contributed by atoms with Crippen LogP contribution in [-0.4, -0.2) is 63.0 Å². The number of nitrogens with one attached hydrogen (secondary N) is 1. The van der Waals surface area contributed by atoms with Gasteiger partial charge in [0.15, 0.2) is 0 Å². The van der Waals surface area contributed by atoms with Gasteiger partial charge in [-0.15, -0.1) is 0 Å². The van der Waals surface area contributed by atoms with Crippen LogP contribution >= 0.6 is 0 Å². The maximum atomic E-state index is 5.89. The summed E-state index contributed by atoms with van der Waals surface area (Å²) in [5.74, 6) is 0. The zero-order chi connectivity index (χ0) is 11.4. The lowest BCUT2D eigenvalue weighted by atomic mass is 10.0. The molecule has 0 amide bonds. The van der Waals surface area contributed by atoms with Crippen molar-refractivity contribution in [3.8, 4) is 0 Å². The van der Waals surface area contributed by atoms with Gasteiger partial charge in [-0.1, -0.05) is 0 Å². The van der Waals surface area contributed by atoms with E-state index in [1.54, 1.807) is 0 Å². The second kappa shape index (κ2) is 5.45. The van der Waals surface area contributed by atoms with Crippen molar-refractivity contribution in [2.75, 3.05) is 46.5 Å². The van der Waals surface area contributed by atoms with Gasteiger partial charge in [-0.05, 0) is 26.8 Å². The van der Waals surface area contributed by atoms with Crippen LogP contribution in [-0.2, 0) is 9.47 Å². The Kier molecular flexibility index (Phi) is 4.19. The van der Waals surface area contributed by atoms with Gasteiger partial charge in [0.1, 0.15) is 0 Å². The molecule has 0 unspecified atom stereocenters. The van der Waals surface area contributed by atoms with Crippen LogP contribution in [0.5, 0.6) is 0 Å². The average Bonchev–Trinajstić information content (AvgIpc) is 2.28. The van der Waals surface area contributed by atoms with Crippen LogP contribution in [0.15, 0.2) is 0 Å². The fraction of sp³-hybridized carbons (Fsp3) is 1.00. The molecule has 2 fully saturated rings. The first-order valence-electron chi connectivity index (χ1n) is 6.32. The highest BCUT2D eigenvalue weighted by Crippen LogP contribution is 2.16. The fourth-order valence-electron chi connectivity index (χ4n) is 2.32. The highest BCUT2D eigenvalue weighted by atomic mass is 16.5. The molecule has 2 rings (SSSR count). The van der Waals surface area contributed by atoms with Crippen molar-refractivity contribution in [1.29, 1.82) is 0 Å². The van der Waals surface area contributed by atoms with E-state index < -0.39 is 0 Å². The topological polar surface area (TPSA) is 33.7 Å². The molecule has 0 bridgehead atoms. The monoisotopic (exact) mass is 228 g/mol. The van der Waals surface area contributed by atoms with Crippen LogP contribution < -0.4 is 5.32 Å². The number of nitrogens with zero attached hydrogens (tertiary/aromatic N) is 1. The Balaban J connectivity index is 1.61. The largest absolute Gasteiger partial charge is 0.381 e. The highest BCUT2D eigenvalue weighted by Gasteiger charge is 2.32. The number of hydrogen-bond acceptors (Lipinski definition) is 4. The van der Waals surface area contributed by atoms with Crippen LogP contribution in [0.3, 0.4) is 0 Å². The molecule has 0 radical (unpaired) electrons. The van der Waals surface area contributed by atoms with Crippen molar-refractivity contribution >= 4 is 0 Å². The molecular weight excluding hydrogens is 204 g/mol. The van der Waals surface area contributed by atoms with Crippen molar-refractivity contribution in [3.05, 3.63) is 0 Å². The standard InChI is InChI=1S/C12H24N2O2/c1-12(9-13-10-12)16-8-5-14(2)11-3-6-15-7-4-11/h11,13H,3-10H2,1-2H3. The Hall–Kier alpha value is -0.160. The van der Waals surface area contributed by atoms with Gasteiger partial charge in [-0.2, -0.15) is 0 Å². The van der Waals surface area contributed by atoms with E-state index in [1.807, 2.05) is 0 Å². The van der Waals surface area contributed by atoms with Crippen molar-refractivity contribution in [2.45, 2.75) is 31.4 Å². The van der Waals surface area contributed by atoms with E-state index in [0.717, 1.165) is 52.3 Å². The van der Waals surface area contributed by atoms with Gasteiger partial charge in [0, 0.05) is 38.9 Å². The van der Waals surface area contributed by atoms with Crippen LogP contribution in [0.2, 0.25) is 0 Å². The predicted molar refractivity (Wildman–Crippen MR) is 63.7 cm³/mol. The van der Waals surface area contributed by atoms with Crippen LogP contribution in [0.1, 0.15) is 19.8 Å². The third-order valence-corrected chi connectivity index (χ3v) is 3.71. The minimum absolute atomic E-state index is 0.0938. The summed E-state index contributed by atoms with van der Waals surface area (Å²) in [5.41, 5.74) is 0.0938. The lowest BCUT2D eigenvalue weighted by Crippen LogP contribution is -2.59. The van der Waals surface area contributed by atoms with Crippen LogP contribution in [0.25, 0.3) is 0 Å². The third-order valence-electron chi connectivity index (χ3n) is 3.71. The molecule has 2 saturated heterocycles. The Morgan fingerprint density at radius 3 is 2.62 bits per heavy atom. The molecule has 0 aromatic carbocycles. The average molecular weight is 228 g/mol. The number of hydrogen-bond donors (Lipinski definition) is 1. The number of rotatable bonds is 5. The Morgan fingerprint density at radius 2 is 2.06 bits per heavy atom. The highest BCUT2D eigenvalue weighted by molar-refractivity contribution is 4.90. The first-order valence-corrected chi connectivity index (χ1v) is 6.32. The smallest absolute Gasteiger partial charge is 0.0902 e. The van der Waals surface area contributed by atoms with Gasteiger partial charge in [0.2, 0.25) is 0 Å². The van der Waals surface area contributed by atoms with Crippen molar-refractivity contribution < 1.29 is 9.47 Å². The molecule has 94 valence electrons. The van der Waals surface area contributed by atoms with E-state index in [-0.39, 0.29) is 5.60 Å². The third kappa shape index (κ3) is 3.17. The minimum Gasteiger partial charge on any atom is -0.381 e. The summed E-state index contributed by atoms with van der Waals surface area (Å²) in [5, 5.41) is 3.25. The summed E-state index contributed by atoms with van der Waals surface area (Å²) in [7, 11) is 2.20. The van der Waals surface area contributed by atoms with E-state index in [2.05, 4.69) is 24.2 Å². The Morgan fingerprint density at radius 1 is 1.38 bits per heavy atom. The SMILES string of the molecule is CN(CCOC1(C)CNC1)C1CCOCC1. The molecule has 2 heterocycles. The van der Waals surface area contributed by atoms with Gasteiger partial charge in [-0.3, -0.25) is 0 Å². The summed E-state index contributed by atoms with van der Waals surface area (Å²) < 4.78 is 11.3. The molecule has 2 aliphatic rings. The molecule has 0 aromatic rings. The summed E-state index contributed by atoms with van der Waals surface area (Å²) in [4.78, 5) is 2.41. The molecule has 2 aliphatic heterocycles. The molecule has 4 heteroatoms. The summed E-state index contributed by atoms with van der Waals surface area (Å²) >= 11 is 0. The first-order chi connectivity index (χ1) is 7.70. The lowest BCUT2D eigenvalue weighted by molar-refractivity contribution is -0.0753. The van der Waals surface area contributed by atoms with Crippen molar-refractivity contribution in [3.63, 3.8) is 0 Å². The quantitative estimate of drug-likeness (QED) is 0.742. The predicted octanol–water partition coefficient (Wildman–Crippen LogP) is 0.476. The van der Waals surface area contributed by atoms with Gasteiger partial charge < -0.3 is 19.7 Å². The maximum Gasteiger partial charge on any atom is 0.0902 e. The lowest BCUT2D eigenvalue weighted by Gasteiger charge is -2.40. The molecule has 1 N–H and O–H groups in total. The van der Waals surface area contributed by atoms with E-state index >= 15 is 0 Å². The van der Waals surface area contributed by atoms with E-state index in [0.29, 0.717) is 6.04 Å². The Labute approximate surface area is 98.3 Å². The molecule has 4 nitrogen and oxygen atoms in total. The molecule has 0 spiro atoms. The van der Waals surface area contributed by atoms with Crippen LogP contribution in [0.4, 0.5) is 0 Å². The van der Waals surface area contributed by atoms with Crippen molar-refractivity contribution in [1.82, 2.24) is 10.2 Å². The summed E-state index contributed by atoms with van der Waals surface area (Å²) in [6.45, 7) is 7.86. The van der Waals surface area contributed by atoms with Gasteiger partial charge >= 0.3 is 0 Å². The van der Waals surface area contributed by atoms with Gasteiger partial charge in [0.25, 0.3) is 0 Å². The number of likely N-dealkylation sites (N-methyl/N-ethyl adjacent to an activating group) is 1. The van der Waals surface area contributed by atoms with E-state index in [4.69, 9.17) is 9.47 Å². The fourth-order valence-corrected chi connectivity index (χ4v) is 2.32. The molecule has 16 heavy (non-hydrogen) atoms. The molecule has 0 aliphatic carbocycles. The van der Waals surface area contributed by atoms with E-state index in [1.165, 1.54) is 0 Å². The minimum atomic E-state index is 0.0938. The summed E-state index contributed by atoms with van der Waals surface area (Å²) in [6, 6.07) is 0.685. The summed E-state index contributed by atoms with van der Waals surface area (Å²) in [6.07, 6.45) is 2.32. The number of ether oxygens (including phenoxy) is 2. The molecule has 0 aromatic heterocycles. The molecule has 0 saturated carbocycles. The second-order valence-electron chi connectivity index (χ2n) is 5.23. The van der Waals surface area contributed by atoms with Gasteiger partial charge in [-0.25, -0.2) is 0 Å². The van der Waals surface area contributed by atoms with Gasteiger partial charge in [0.05, 0.1) is 12.2 Å². The first kappa shape index (κ1) is 12.3. The molecular formula is C12H24N2O2. The Bertz CT molecular complexity index is 213. The second-order valence-corrected chi connectivity index (χ2v) is 5.23. The normalized spacial score (nSPS) is 25.7. The van der Waals surface area contributed by atoms with E-state index in [9.17, 15) is 0 Å². The van der Waals surface area contributed by atoms with Crippen molar-refractivity contribution in [2.24, 2.45) is 0 Å². The zero-order valence-corrected chi connectivity index (χ0v) is 10.5. The zero-order valence-electron chi connectivity index (χ0n) is 10.5. The molecule has 0 atom stereocenters.